The Balaban J connectivity index is 1.72. The monoisotopic (exact) mass is 385 g/mol. The molecule has 0 spiro atoms. The van der Waals surface area contributed by atoms with Gasteiger partial charge in [-0.1, -0.05) is 48.9 Å². The molecule has 1 atom stereocenters. The molecule has 2 aromatic carbocycles. The second-order valence-electron chi connectivity index (χ2n) is 6.68. The second-order valence-corrected chi connectivity index (χ2v) is 8.25. The first-order chi connectivity index (χ1) is 12.8. The molecule has 0 radical (unpaired) electrons. The van der Waals surface area contributed by atoms with Crippen molar-refractivity contribution in [3.63, 3.8) is 0 Å². The molecule has 0 bridgehead atoms. The van der Waals surface area contributed by atoms with Crippen molar-refractivity contribution in [3.05, 3.63) is 65.2 Å². The molecule has 0 saturated heterocycles. The van der Waals surface area contributed by atoms with Crippen molar-refractivity contribution in [3.8, 4) is 0 Å². The number of fused-ring (bicyclic) bond motifs is 1. The van der Waals surface area contributed by atoms with Gasteiger partial charge in [0.25, 0.3) is 10.0 Å². The third kappa shape index (κ3) is 4.03. The molecule has 1 aliphatic heterocycles. The standard InChI is InChI=1S/C20H23N3O3S/c1-4-17(15-11-9-14(2)10-12-15)21-19(24)13-23(3)20-16-7-5-6-8-18(16)27(25,26)22-20/h5-12,17H,4,13H2,1-3H3,(H,21,24). The van der Waals surface area contributed by atoms with E-state index < -0.39 is 10.0 Å². The minimum atomic E-state index is -3.70. The molecule has 7 heteroatoms. The van der Waals surface area contributed by atoms with Gasteiger partial charge in [0.15, 0.2) is 5.84 Å². The lowest BCUT2D eigenvalue weighted by Gasteiger charge is -2.22. The molecule has 1 unspecified atom stereocenters. The molecule has 2 aromatic rings. The molecule has 0 aromatic heterocycles. The minimum Gasteiger partial charge on any atom is -0.349 e. The fourth-order valence-electron chi connectivity index (χ4n) is 3.11. The first-order valence-corrected chi connectivity index (χ1v) is 10.3. The van der Waals surface area contributed by atoms with Gasteiger partial charge >= 0.3 is 0 Å². The summed E-state index contributed by atoms with van der Waals surface area (Å²) in [5.41, 5.74) is 2.74. The van der Waals surface area contributed by atoms with Gasteiger partial charge in [0, 0.05) is 12.6 Å². The summed E-state index contributed by atoms with van der Waals surface area (Å²) in [5, 5.41) is 3.02. The number of hydrogen-bond donors (Lipinski definition) is 1. The van der Waals surface area contributed by atoms with Crippen LogP contribution in [0.15, 0.2) is 57.8 Å². The number of benzene rings is 2. The van der Waals surface area contributed by atoms with Crippen LogP contribution in [0.5, 0.6) is 0 Å². The first-order valence-electron chi connectivity index (χ1n) is 8.83. The van der Waals surface area contributed by atoms with E-state index >= 15 is 0 Å². The summed E-state index contributed by atoms with van der Waals surface area (Å²) in [6, 6.07) is 14.6. The number of amides is 1. The summed E-state index contributed by atoms with van der Waals surface area (Å²) in [6.07, 6.45) is 0.761. The number of carbonyl (C=O) groups is 1. The van der Waals surface area contributed by atoms with Gasteiger partial charge in [-0.2, -0.15) is 8.42 Å². The molecule has 6 nitrogen and oxygen atoms in total. The lowest BCUT2D eigenvalue weighted by molar-refractivity contribution is -0.122. The summed E-state index contributed by atoms with van der Waals surface area (Å²) in [7, 11) is -2.03. The molecule has 0 fully saturated rings. The fraction of sp³-hybridized carbons (Fsp3) is 0.300. The Morgan fingerprint density at radius 1 is 1.15 bits per heavy atom. The fourth-order valence-corrected chi connectivity index (χ4v) is 4.37. The lowest BCUT2D eigenvalue weighted by atomic mass is 10.0. The smallest absolute Gasteiger partial charge is 0.285 e. The van der Waals surface area contributed by atoms with Crippen molar-refractivity contribution >= 4 is 21.8 Å². The third-order valence-electron chi connectivity index (χ3n) is 4.58. The zero-order valence-electron chi connectivity index (χ0n) is 15.6. The highest BCUT2D eigenvalue weighted by Crippen LogP contribution is 2.27. The van der Waals surface area contributed by atoms with Crippen LogP contribution in [-0.2, 0) is 14.8 Å². The van der Waals surface area contributed by atoms with E-state index in [-0.39, 0.29) is 23.4 Å². The van der Waals surface area contributed by atoms with Crippen LogP contribution in [-0.4, -0.2) is 38.7 Å². The number of rotatable bonds is 5. The van der Waals surface area contributed by atoms with E-state index in [1.807, 2.05) is 38.1 Å². The Kier molecular flexibility index (Phi) is 5.32. The molecule has 1 aliphatic rings. The van der Waals surface area contributed by atoms with E-state index in [1.165, 1.54) is 11.6 Å². The third-order valence-corrected chi connectivity index (χ3v) is 5.90. The van der Waals surface area contributed by atoms with Gasteiger partial charge in [-0.3, -0.25) is 4.79 Å². The van der Waals surface area contributed by atoms with Crippen molar-refractivity contribution in [2.24, 2.45) is 4.40 Å². The van der Waals surface area contributed by atoms with Crippen LogP contribution >= 0.6 is 0 Å². The van der Waals surface area contributed by atoms with Crippen molar-refractivity contribution < 1.29 is 13.2 Å². The number of hydrogen-bond acceptors (Lipinski definition) is 4. The molecule has 27 heavy (non-hydrogen) atoms. The Bertz CT molecular complexity index is 982. The summed E-state index contributed by atoms with van der Waals surface area (Å²) in [6.45, 7) is 4.05. The number of carbonyl (C=O) groups excluding carboxylic acids is 1. The van der Waals surface area contributed by atoms with Gasteiger partial charge in [0.05, 0.1) is 12.6 Å². The van der Waals surface area contributed by atoms with Crippen molar-refractivity contribution in [2.75, 3.05) is 13.6 Å². The maximum Gasteiger partial charge on any atom is 0.285 e. The molecule has 1 heterocycles. The average Bonchev–Trinajstić information content (AvgIpc) is 2.92. The molecule has 3 rings (SSSR count). The quantitative estimate of drug-likeness (QED) is 0.858. The van der Waals surface area contributed by atoms with Crippen LogP contribution in [0.1, 0.15) is 36.1 Å². The predicted molar refractivity (Wildman–Crippen MR) is 105 cm³/mol. The summed E-state index contributed by atoms with van der Waals surface area (Å²) in [4.78, 5) is 14.3. The normalized spacial score (nSPS) is 15.6. The number of aryl methyl sites for hydroxylation is 1. The summed E-state index contributed by atoms with van der Waals surface area (Å²) >= 11 is 0. The number of nitrogens with one attached hydrogen (secondary N) is 1. The van der Waals surface area contributed by atoms with Gasteiger partial charge < -0.3 is 10.2 Å². The van der Waals surface area contributed by atoms with E-state index in [9.17, 15) is 13.2 Å². The average molecular weight is 385 g/mol. The largest absolute Gasteiger partial charge is 0.349 e. The van der Waals surface area contributed by atoms with Crippen LogP contribution < -0.4 is 5.32 Å². The van der Waals surface area contributed by atoms with Crippen LogP contribution in [0.4, 0.5) is 0 Å². The van der Waals surface area contributed by atoms with Crippen molar-refractivity contribution in [1.29, 1.82) is 0 Å². The van der Waals surface area contributed by atoms with Gasteiger partial charge in [0.2, 0.25) is 5.91 Å². The Morgan fingerprint density at radius 2 is 1.81 bits per heavy atom. The van der Waals surface area contributed by atoms with E-state index in [4.69, 9.17) is 0 Å². The van der Waals surface area contributed by atoms with Gasteiger partial charge in [-0.05, 0) is 31.0 Å². The predicted octanol–water partition coefficient (Wildman–Crippen LogP) is 2.64. The van der Waals surface area contributed by atoms with Crippen LogP contribution in [0, 0.1) is 6.92 Å². The zero-order valence-corrected chi connectivity index (χ0v) is 16.5. The summed E-state index contributed by atoms with van der Waals surface area (Å²) < 4.78 is 28.2. The molecule has 0 saturated carbocycles. The Morgan fingerprint density at radius 3 is 2.48 bits per heavy atom. The maximum absolute atomic E-state index is 12.5. The maximum atomic E-state index is 12.5. The van der Waals surface area contributed by atoms with Gasteiger partial charge in [0.1, 0.15) is 4.90 Å². The highest BCUT2D eigenvalue weighted by molar-refractivity contribution is 7.90. The highest BCUT2D eigenvalue weighted by atomic mass is 32.2. The van der Waals surface area contributed by atoms with E-state index in [0.29, 0.717) is 11.4 Å². The SMILES string of the molecule is CCC(NC(=O)CN(C)C1=NS(=O)(=O)c2ccccc21)c1ccc(C)cc1. The van der Waals surface area contributed by atoms with E-state index in [0.717, 1.165) is 12.0 Å². The molecular weight excluding hydrogens is 362 g/mol. The number of likely N-dealkylation sites (N-methyl/N-ethyl adjacent to an activating group) is 1. The lowest BCUT2D eigenvalue weighted by Crippen LogP contribution is -2.39. The molecular formula is C20H23N3O3S. The molecule has 1 N–H and O–H groups in total. The number of sulfonamides is 1. The van der Waals surface area contributed by atoms with Crippen LogP contribution in [0.25, 0.3) is 0 Å². The topological polar surface area (TPSA) is 78.8 Å². The Hall–Kier alpha value is -2.67. The Labute approximate surface area is 160 Å². The number of nitrogens with zero attached hydrogens (tertiary/aromatic N) is 2. The van der Waals surface area contributed by atoms with Crippen LogP contribution in [0.3, 0.4) is 0 Å². The molecule has 0 aliphatic carbocycles. The van der Waals surface area contributed by atoms with Crippen molar-refractivity contribution in [1.82, 2.24) is 10.2 Å². The van der Waals surface area contributed by atoms with Gasteiger partial charge in [-0.25, -0.2) is 0 Å². The zero-order chi connectivity index (χ0) is 19.6. The summed E-state index contributed by atoms with van der Waals surface area (Å²) in [5.74, 6) is 0.110. The first kappa shape index (κ1) is 19.1. The molecule has 1 amide bonds. The van der Waals surface area contributed by atoms with Crippen LogP contribution in [0.2, 0.25) is 0 Å². The second kappa shape index (κ2) is 7.52. The van der Waals surface area contributed by atoms with Gasteiger partial charge in [-0.15, -0.1) is 4.40 Å². The van der Waals surface area contributed by atoms with E-state index in [1.54, 1.807) is 30.1 Å². The molecule has 142 valence electrons. The minimum absolute atomic E-state index is 0.0189. The van der Waals surface area contributed by atoms with E-state index in [2.05, 4.69) is 9.71 Å². The number of amidine groups is 1. The highest BCUT2D eigenvalue weighted by Gasteiger charge is 2.31. The van der Waals surface area contributed by atoms with Crippen molar-refractivity contribution in [2.45, 2.75) is 31.2 Å².